The Kier molecular flexibility index (Phi) is 5.60. The first-order chi connectivity index (χ1) is 9.69. The second-order valence-electron chi connectivity index (χ2n) is 5.82. The van der Waals surface area contributed by atoms with Crippen LogP contribution in [0, 0.1) is 0 Å². The third-order valence-corrected chi connectivity index (χ3v) is 3.91. The molecule has 1 amide bonds. The molecule has 1 aromatic rings. The van der Waals surface area contributed by atoms with Gasteiger partial charge in [-0.25, -0.2) is 0 Å². The van der Waals surface area contributed by atoms with Gasteiger partial charge in [0.2, 0.25) is 5.91 Å². The fourth-order valence-electron chi connectivity index (χ4n) is 2.21. The topological polar surface area (TPSA) is 41.1 Å². The molecule has 0 radical (unpaired) electrons. The van der Waals surface area contributed by atoms with Crippen LogP contribution in [-0.4, -0.2) is 18.5 Å². The number of carbonyl (C=O) groups excluding carboxylic acids is 1. The Balaban J connectivity index is 1.61. The monoisotopic (exact) mass is 274 g/mol. The van der Waals surface area contributed by atoms with Gasteiger partial charge in [0.1, 0.15) is 0 Å². The molecule has 3 heteroatoms. The summed E-state index contributed by atoms with van der Waals surface area (Å²) >= 11 is 0. The summed E-state index contributed by atoms with van der Waals surface area (Å²) in [5.74, 6) is 0.956. The fraction of sp³-hybridized carbons (Fsp3) is 0.588. The van der Waals surface area contributed by atoms with E-state index >= 15 is 0 Å². The minimum atomic E-state index is 0.135. The van der Waals surface area contributed by atoms with Crippen LogP contribution in [0.5, 0.6) is 0 Å². The number of rotatable bonds is 8. The Morgan fingerprint density at radius 3 is 2.60 bits per heavy atom. The Labute approximate surface area is 122 Å². The average molecular weight is 274 g/mol. The van der Waals surface area contributed by atoms with E-state index < -0.39 is 0 Å². The van der Waals surface area contributed by atoms with Gasteiger partial charge in [-0.2, -0.15) is 0 Å². The molecule has 20 heavy (non-hydrogen) atoms. The predicted octanol–water partition coefficient (Wildman–Crippen LogP) is 2.96. The van der Waals surface area contributed by atoms with E-state index in [1.807, 2.05) is 6.92 Å². The predicted molar refractivity (Wildman–Crippen MR) is 82.6 cm³/mol. The van der Waals surface area contributed by atoms with Gasteiger partial charge >= 0.3 is 0 Å². The van der Waals surface area contributed by atoms with E-state index in [-0.39, 0.29) is 11.9 Å². The van der Waals surface area contributed by atoms with Gasteiger partial charge in [-0.1, -0.05) is 31.2 Å². The molecule has 0 aliphatic heterocycles. The molecular formula is C17H26N2O. The quantitative estimate of drug-likeness (QED) is 0.716. The zero-order valence-corrected chi connectivity index (χ0v) is 12.6. The zero-order chi connectivity index (χ0) is 14.4. The number of hydrogen-bond acceptors (Lipinski definition) is 2. The van der Waals surface area contributed by atoms with Crippen LogP contribution < -0.4 is 10.6 Å². The van der Waals surface area contributed by atoms with Gasteiger partial charge in [0.05, 0.1) is 0 Å². The Hall–Kier alpha value is -1.35. The van der Waals surface area contributed by atoms with Crippen LogP contribution in [0.2, 0.25) is 0 Å². The van der Waals surface area contributed by atoms with Crippen molar-refractivity contribution in [1.82, 2.24) is 10.6 Å². The second-order valence-corrected chi connectivity index (χ2v) is 5.82. The Bertz CT molecular complexity index is 423. The molecule has 0 bridgehead atoms. The van der Waals surface area contributed by atoms with Crippen LogP contribution in [0.1, 0.15) is 56.6 Å². The summed E-state index contributed by atoms with van der Waals surface area (Å²) in [5.41, 5.74) is 2.76. The maximum Gasteiger partial charge on any atom is 0.221 e. The Morgan fingerprint density at radius 1 is 1.30 bits per heavy atom. The third-order valence-electron chi connectivity index (χ3n) is 3.91. The standard InChI is InChI=1S/C17H26N2O/c1-3-13(2)19-17(20)10-11-18-12-14-4-6-15(7-5-14)16-8-9-16/h4-7,13,16,18H,3,8-12H2,1-2H3,(H,19,20). The minimum absolute atomic E-state index is 0.135. The van der Waals surface area contributed by atoms with Crippen molar-refractivity contribution in [1.29, 1.82) is 0 Å². The molecule has 1 aliphatic carbocycles. The summed E-state index contributed by atoms with van der Waals surface area (Å²) in [7, 11) is 0. The smallest absolute Gasteiger partial charge is 0.221 e. The van der Waals surface area contributed by atoms with Crippen molar-refractivity contribution in [3.8, 4) is 0 Å². The molecule has 1 unspecified atom stereocenters. The van der Waals surface area contributed by atoms with Crippen molar-refractivity contribution in [2.45, 2.75) is 58.0 Å². The van der Waals surface area contributed by atoms with Gasteiger partial charge in [0.25, 0.3) is 0 Å². The van der Waals surface area contributed by atoms with Crippen LogP contribution in [-0.2, 0) is 11.3 Å². The highest BCUT2D eigenvalue weighted by Crippen LogP contribution is 2.39. The number of amides is 1. The molecule has 1 aromatic carbocycles. The van der Waals surface area contributed by atoms with Crippen LogP contribution in [0.3, 0.4) is 0 Å². The van der Waals surface area contributed by atoms with Crippen LogP contribution in [0.15, 0.2) is 24.3 Å². The molecule has 2 rings (SSSR count). The first-order valence-corrected chi connectivity index (χ1v) is 7.78. The first kappa shape index (κ1) is 15.0. The maximum atomic E-state index is 11.6. The number of hydrogen-bond donors (Lipinski definition) is 2. The molecule has 1 saturated carbocycles. The van der Waals surface area contributed by atoms with E-state index in [0.29, 0.717) is 6.42 Å². The normalized spacial score (nSPS) is 15.9. The lowest BCUT2D eigenvalue weighted by molar-refractivity contribution is -0.121. The van der Waals surface area contributed by atoms with E-state index in [4.69, 9.17) is 0 Å². The van der Waals surface area contributed by atoms with Gasteiger partial charge in [0, 0.05) is 25.6 Å². The Morgan fingerprint density at radius 2 is 2.00 bits per heavy atom. The average Bonchev–Trinajstić information content (AvgIpc) is 3.28. The van der Waals surface area contributed by atoms with Crippen LogP contribution in [0.25, 0.3) is 0 Å². The SMILES string of the molecule is CCC(C)NC(=O)CCNCc1ccc(C2CC2)cc1. The molecule has 0 spiro atoms. The minimum Gasteiger partial charge on any atom is -0.354 e. The van der Waals surface area contributed by atoms with Gasteiger partial charge in [-0.3, -0.25) is 4.79 Å². The van der Waals surface area contributed by atoms with Crippen molar-refractivity contribution < 1.29 is 4.79 Å². The number of benzene rings is 1. The molecule has 1 fully saturated rings. The molecule has 0 saturated heterocycles. The van der Waals surface area contributed by atoms with Crippen molar-refractivity contribution >= 4 is 5.91 Å². The summed E-state index contributed by atoms with van der Waals surface area (Å²) in [6, 6.07) is 9.14. The highest BCUT2D eigenvalue weighted by Gasteiger charge is 2.22. The third kappa shape index (κ3) is 4.97. The van der Waals surface area contributed by atoms with Gasteiger partial charge in [-0.15, -0.1) is 0 Å². The lowest BCUT2D eigenvalue weighted by Gasteiger charge is -2.11. The highest BCUT2D eigenvalue weighted by atomic mass is 16.1. The van der Waals surface area contributed by atoms with Crippen molar-refractivity contribution in [3.63, 3.8) is 0 Å². The number of carbonyl (C=O) groups is 1. The fourth-order valence-corrected chi connectivity index (χ4v) is 2.21. The molecular weight excluding hydrogens is 248 g/mol. The lowest BCUT2D eigenvalue weighted by atomic mass is 10.1. The number of nitrogens with one attached hydrogen (secondary N) is 2. The highest BCUT2D eigenvalue weighted by molar-refractivity contribution is 5.76. The summed E-state index contributed by atoms with van der Waals surface area (Å²) < 4.78 is 0. The van der Waals surface area contributed by atoms with Crippen molar-refractivity contribution in [2.75, 3.05) is 6.54 Å². The largest absolute Gasteiger partial charge is 0.354 e. The van der Waals surface area contributed by atoms with E-state index in [1.54, 1.807) is 0 Å². The summed E-state index contributed by atoms with van der Waals surface area (Å²) in [4.78, 5) is 11.6. The molecule has 1 atom stereocenters. The molecule has 1 aliphatic rings. The van der Waals surface area contributed by atoms with E-state index in [2.05, 4.69) is 41.8 Å². The lowest BCUT2D eigenvalue weighted by Crippen LogP contribution is -2.33. The summed E-state index contributed by atoms with van der Waals surface area (Å²) in [6.07, 6.45) is 4.22. The van der Waals surface area contributed by atoms with Crippen molar-refractivity contribution in [2.24, 2.45) is 0 Å². The van der Waals surface area contributed by atoms with E-state index in [9.17, 15) is 4.79 Å². The van der Waals surface area contributed by atoms with Crippen LogP contribution >= 0.6 is 0 Å². The maximum absolute atomic E-state index is 11.6. The first-order valence-electron chi connectivity index (χ1n) is 7.78. The second kappa shape index (κ2) is 7.44. The van der Waals surface area contributed by atoms with Crippen LogP contribution in [0.4, 0.5) is 0 Å². The van der Waals surface area contributed by atoms with Crippen molar-refractivity contribution in [3.05, 3.63) is 35.4 Å². The molecule has 0 aromatic heterocycles. The summed E-state index contributed by atoms with van der Waals surface area (Å²) in [5, 5.41) is 6.30. The molecule has 0 heterocycles. The summed E-state index contributed by atoms with van der Waals surface area (Å²) in [6.45, 7) is 5.68. The van der Waals surface area contributed by atoms with E-state index in [0.717, 1.165) is 25.4 Å². The molecule has 3 nitrogen and oxygen atoms in total. The van der Waals surface area contributed by atoms with E-state index in [1.165, 1.54) is 24.0 Å². The van der Waals surface area contributed by atoms with Gasteiger partial charge in [0.15, 0.2) is 0 Å². The van der Waals surface area contributed by atoms with Gasteiger partial charge < -0.3 is 10.6 Å². The zero-order valence-electron chi connectivity index (χ0n) is 12.6. The molecule has 110 valence electrons. The van der Waals surface area contributed by atoms with Gasteiger partial charge in [-0.05, 0) is 43.2 Å². The molecule has 2 N–H and O–H groups in total.